The molecule has 92 valence electrons. The number of nitrogens with one attached hydrogen (secondary N) is 1. The minimum Gasteiger partial charge on any atom is -0.396 e. The monoisotopic (exact) mass is 232 g/mol. The summed E-state index contributed by atoms with van der Waals surface area (Å²) in [7, 11) is 0. The molecule has 2 aromatic rings. The molecule has 1 aromatic heterocycles. The molecule has 17 heavy (non-hydrogen) atoms. The van der Waals surface area contributed by atoms with Crippen LogP contribution in [0.5, 0.6) is 0 Å². The van der Waals surface area contributed by atoms with Crippen LogP contribution in [-0.4, -0.2) is 16.7 Å². The standard InChI is InChI=1S/C14H20N2O/c1-9-12(13(15)14(2,3)8-17)10-6-4-5-7-11(10)16-9/h4-7,13,16-17H,8,15H2,1-3H3/t13-/m0/s1. The molecule has 2 rings (SSSR count). The first kappa shape index (κ1) is 12.1. The maximum atomic E-state index is 9.44. The Morgan fingerprint density at radius 3 is 2.65 bits per heavy atom. The summed E-state index contributed by atoms with van der Waals surface area (Å²) in [6.07, 6.45) is 0. The maximum absolute atomic E-state index is 9.44. The van der Waals surface area contributed by atoms with Crippen molar-refractivity contribution < 1.29 is 5.11 Å². The van der Waals surface area contributed by atoms with Gasteiger partial charge in [-0.15, -0.1) is 0 Å². The second-order valence-corrected chi connectivity index (χ2v) is 5.33. The average molecular weight is 232 g/mol. The van der Waals surface area contributed by atoms with Crippen LogP contribution in [0.3, 0.4) is 0 Å². The molecule has 0 unspecified atom stereocenters. The van der Waals surface area contributed by atoms with Gasteiger partial charge < -0.3 is 15.8 Å². The summed E-state index contributed by atoms with van der Waals surface area (Å²) in [5, 5.41) is 10.6. The quantitative estimate of drug-likeness (QED) is 0.761. The first-order chi connectivity index (χ1) is 7.97. The second kappa shape index (κ2) is 4.17. The van der Waals surface area contributed by atoms with E-state index in [1.165, 1.54) is 0 Å². The lowest BCUT2D eigenvalue weighted by Gasteiger charge is -2.30. The summed E-state index contributed by atoms with van der Waals surface area (Å²) in [5.74, 6) is 0. The highest BCUT2D eigenvalue weighted by Crippen LogP contribution is 2.36. The number of aromatic nitrogens is 1. The number of benzene rings is 1. The zero-order valence-electron chi connectivity index (χ0n) is 10.6. The molecule has 0 spiro atoms. The molecule has 1 atom stereocenters. The van der Waals surface area contributed by atoms with Gasteiger partial charge in [-0.1, -0.05) is 32.0 Å². The highest BCUT2D eigenvalue weighted by molar-refractivity contribution is 5.85. The van der Waals surface area contributed by atoms with E-state index in [1.807, 2.05) is 39.0 Å². The Bertz CT molecular complexity index is 528. The fourth-order valence-electron chi connectivity index (χ4n) is 2.19. The largest absolute Gasteiger partial charge is 0.396 e. The van der Waals surface area contributed by atoms with Crippen LogP contribution in [0.15, 0.2) is 24.3 Å². The average Bonchev–Trinajstić information content (AvgIpc) is 2.64. The van der Waals surface area contributed by atoms with Crippen molar-refractivity contribution in [2.45, 2.75) is 26.8 Å². The van der Waals surface area contributed by atoms with Crippen molar-refractivity contribution in [3.05, 3.63) is 35.5 Å². The summed E-state index contributed by atoms with van der Waals surface area (Å²) in [6, 6.07) is 7.96. The molecule has 0 fully saturated rings. The number of aryl methyl sites for hydroxylation is 1. The van der Waals surface area contributed by atoms with Gasteiger partial charge in [0.15, 0.2) is 0 Å². The minimum absolute atomic E-state index is 0.0765. The van der Waals surface area contributed by atoms with Gasteiger partial charge in [-0.25, -0.2) is 0 Å². The van der Waals surface area contributed by atoms with Gasteiger partial charge in [0.1, 0.15) is 0 Å². The van der Waals surface area contributed by atoms with Gasteiger partial charge in [0.05, 0.1) is 0 Å². The highest BCUT2D eigenvalue weighted by Gasteiger charge is 2.30. The van der Waals surface area contributed by atoms with E-state index in [2.05, 4.69) is 11.1 Å². The van der Waals surface area contributed by atoms with E-state index in [-0.39, 0.29) is 18.1 Å². The minimum atomic E-state index is -0.324. The number of aliphatic hydroxyl groups is 1. The van der Waals surface area contributed by atoms with Gasteiger partial charge in [0.25, 0.3) is 0 Å². The molecule has 0 aliphatic heterocycles. The molecular formula is C14H20N2O. The molecule has 0 saturated heterocycles. The van der Waals surface area contributed by atoms with Gasteiger partial charge in [0, 0.05) is 34.7 Å². The number of nitrogens with two attached hydrogens (primary N) is 1. The number of aliphatic hydroxyl groups excluding tert-OH is 1. The number of H-pyrrole nitrogens is 1. The van der Waals surface area contributed by atoms with Gasteiger partial charge in [0.2, 0.25) is 0 Å². The lowest BCUT2D eigenvalue weighted by molar-refractivity contribution is 0.132. The van der Waals surface area contributed by atoms with Crippen LogP contribution in [0.2, 0.25) is 0 Å². The zero-order chi connectivity index (χ0) is 12.6. The van der Waals surface area contributed by atoms with Gasteiger partial charge >= 0.3 is 0 Å². The van der Waals surface area contributed by atoms with Crippen LogP contribution in [0, 0.1) is 12.3 Å². The molecule has 0 aliphatic carbocycles. The Labute approximate surface area is 102 Å². The van der Waals surface area contributed by atoms with Crippen LogP contribution < -0.4 is 5.73 Å². The zero-order valence-corrected chi connectivity index (χ0v) is 10.6. The number of rotatable bonds is 3. The SMILES string of the molecule is Cc1[nH]c2ccccc2c1[C@H](N)C(C)(C)CO. The number of hydrogen-bond acceptors (Lipinski definition) is 2. The molecule has 1 aromatic carbocycles. The number of para-hydroxylation sites is 1. The van der Waals surface area contributed by atoms with E-state index in [9.17, 15) is 5.11 Å². The topological polar surface area (TPSA) is 62.0 Å². The maximum Gasteiger partial charge on any atom is 0.0500 e. The predicted molar refractivity (Wildman–Crippen MR) is 70.8 cm³/mol. The van der Waals surface area contributed by atoms with Crippen molar-refractivity contribution in [2.24, 2.45) is 11.1 Å². The molecule has 0 saturated carbocycles. The molecule has 0 aliphatic rings. The third-order valence-corrected chi connectivity index (χ3v) is 3.50. The Morgan fingerprint density at radius 2 is 2.00 bits per heavy atom. The fourth-order valence-corrected chi connectivity index (χ4v) is 2.19. The molecule has 3 nitrogen and oxygen atoms in total. The number of hydrogen-bond donors (Lipinski definition) is 3. The van der Waals surface area contributed by atoms with Crippen LogP contribution in [0.4, 0.5) is 0 Å². The van der Waals surface area contributed by atoms with Crippen LogP contribution in [0.25, 0.3) is 10.9 Å². The predicted octanol–water partition coefficient (Wildman–Crippen LogP) is 2.49. The third-order valence-electron chi connectivity index (χ3n) is 3.50. The van der Waals surface area contributed by atoms with Gasteiger partial charge in [-0.3, -0.25) is 0 Å². The first-order valence-corrected chi connectivity index (χ1v) is 5.91. The normalized spacial score (nSPS) is 14.2. The first-order valence-electron chi connectivity index (χ1n) is 5.91. The van der Waals surface area contributed by atoms with Gasteiger partial charge in [-0.05, 0) is 18.6 Å². The summed E-state index contributed by atoms with van der Waals surface area (Å²) in [4.78, 5) is 3.34. The molecule has 4 N–H and O–H groups in total. The van der Waals surface area contributed by atoms with E-state index in [4.69, 9.17) is 5.73 Å². The molecule has 3 heteroatoms. The lowest BCUT2D eigenvalue weighted by Crippen LogP contribution is -2.32. The fraction of sp³-hybridized carbons (Fsp3) is 0.429. The van der Waals surface area contributed by atoms with Crippen molar-refractivity contribution in [1.29, 1.82) is 0 Å². The summed E-state index contributed by atoms with van der Waals surface area (Å²) in [5.41, 5.74) is 9.29. The summed E-state index contributed by atoms with van der Waals surface area (Å²) in [6.45, 7) is 6.08. The van der Waals surface area contributed by atoms with E-state index < -0.39 is 0 Å². The highest BCUT2D eigenvalue weighted by atomic mass is 16.3. The molecular weight excluding hydrogens is 212 g/mol. The number of aromatic amines is 1. The Morgan fingerprint density at radius 1 is 1.35 bits per heavy atom. The Hall–Kier alpha value is -1.32. The molecule has 0 amide bonds. The molecule has 0 bridgehead atoms. The van der Waals surface area contributed by atoms with Gasteiger partial charge in [-0.2, -0.15) is 0 Å². The summed E-state index contributed by atoms with van der Waals surface area (Å²) < 4.78 is 0. The van der Waals surface area contributed by atoms with Crippen molar-refractivity contribution in [2.75, 3.05) is 6.61 Å². The van der Waals surface area contributed by atoms with Crippen molar-refractivity contribution >= 4 is 10.9 Å². The van der Waals surface area contributed by atoms with E-state index in [1.54, 1.807) is 0 Å². The van der Waals surface area contributed by atoms with E-state index in [0.717, 1.165) is 22.2 Å². The summed E-state index contributed by atoms with van der Waals surface area (Å²) >= 11 is 0. The van der Waals surface area contributed by atoms with Crippen molar-refractivity contribution in [3.8, 4) is 0 Å². The smallest absolute Gasteiger partial charge is 0.0500 e. The van der Waals surface area contributed by atoms with Crippen LogP contribution >= 0.6 is 0 Å². The number of fused-ring (bicyclic) bond motifs is 1. The Kier molecular flexibility index (Phi) is 2.98. The van der Waals surface area contributed by atoms with Crippen molar-refractivity contribution in [1.82, 2.24) is 4.98 Å². The lowest BCUT2D eigenvalue weighted by atomic mass is 9.81. The third kappa shape index (κ3) is 1.96. The molecule has 1 heterocycles. The molecule has 0 radical (unpaired) electrons. The van der Waals surface area contributed by atoms with E-state index in [0.29, 0.717) is 0 Å². The van der Waals surface area contributed by atoms with Crippen LogP contribution in [-0.2, 0) is 0 Å². The second-order valence-electron chi connectivity index (χ2n) is 5.33. The Balaban J connectivity index is 2.59. The van der Waals surface area contributed by atoms with Crippen LogP contribution in [0.1, 0.15) is 31.1 Å². The van der Waals surface area contributed by atoms with Crippen molar-refractivity contribution in [3.63, 3.8) is 0 Å². The van der Waals surface area contributed by atoms with E-state index >= 15 is 0 Å².